The van der Waals surface area contributed by atoms with Crippen LogP contribution in [0.15, 0.2) is 29.1 Å². The molecule has 1 atom stereocenters. The van der Waals surface area contributed by atoms with Crippen LogP contribution < -0.4 is 15.0 Å². The third-order valence-electron chi connectivity index (χ3n) is 7.52. The number of amides is 1. The molecule has 2 aromatic rings. The highest BCUT2D eigenvalue weighted by atomic mass is 16.5. The fourth-order valence-electron chi connectivity index (χ4n) is 5.64. The normalized spacial score (nSPS) is 19.6. The second kappa shape index (κ2) is 10.3. The lowest BCUT2D eigenvalue weighted by Crippen LogP contribution is -2.49. The number of fused-ring (bicyclic) bond motifs is 2. The minimum absolute atomic E-state index is 0.182. The number of carbonyl (C=O) groups excluding carboxylic acids is 2. The molecule has 1 aromatic carbocycles. The SMILES string of the molecule is COC(=O)[C@@H]1CCCCN1C(=O)c1c(OC)cc(=O)n2c1CCN(Cc1ccc3c(c1)CCO3)CC2. The lowest BCUT2D eigenvalue weighted by molar-refractivity contribution is -0.147. The van der Waals surface area contributed by atoms with Crippen LogP contribution >= 0.6 is 0 Å². The Morgan fingerprint density at radius 2 is 1.92 bits per heavy atom. The number of methoxy groups -OCH3 is 2. The molecule has 5 rings (SSSR count). The molecule has 9 heteroatoms. The van der Waals surface area contributed by atoms with E-state index in [0.29, 0.717) is 50.3 Å². The molecule has 4 heterocycles. The number of esters is 1. The van der Waals surface area contributed by atoms with Crippen LogP contribution in [-0.2, 0) is 35.5 Å². The van der Waals surface area contributed by atoms with Gasteiger partial charge in [0.05, 0.1) is 20.8 Å². The van der Waals surface area contributed by atoms with E-state index in [4.69, 9.17) is 14.2 Å². The number of hydrogen-bond donors (Lipinski definition) is 0. The van der Waals surface area contributed by atoms with E-state index in [-0.39, 0.29) is 17.2 Å². The molecule has 1 amide bonds. The van der Waals surface area contributed by atoms with E-state index in [1.807, 2.05) is 6.07 Å². The Hall–Kier alpha value is -3.33. The summed E-state index contributed by atoms with van der Waals surface area (Å²) in [6, 6.07) is 7.10. The summed E-state index contributed by atoms with van der Waals surface area (Å²) >= 11 is 0. The number of rotatable bonds is 5. The highest BCUT2D eigenvalue weighted by molar-refractivity contribution is 6.00. The van der Waals surface area contributed by atoms with E-state index in [1.165, 1.54) is 31.4 Å². The predicted octanol–water partition coefficient (Wildman–Crippen LogP) is 2.02. The quantitative estimate of drug-likeness (QED) is 0.586. The van der Waals surface area contributed by atoms with Gasteiger partial charge in [-0.15, -0.1) is 0 Å². The Kier molecular flexibility index (Phi) is 7.00. The first-order chi connectivity index (χ1) is 17.5. The lowest BCUT2D eigenvalue weighted by Gasteiger charge is -2.34. The molecule has 0 spiro atoms. The van der Waals surface area contributed by atoms with Gasteiger partial charge in [-0.1, -0.05) is 12.1 Å². The van der Waals surface area contributed by atoms with Crippen LogP contribution in [0.3, 0.4) is 0 Å². The topological polar surface area (TPSA) is 90.3 Å². The molecule has 1 saturated heterocycles. The summed E-state index contributed by atoms with van der Waals surface area (Å²) in [5, 5.41) is 0. The van der Waals surface area contributed by atoms with Crippen molar-refractivity contribution in [1.82, 2.24) is 14.4 Å². The number of likely N-dealkylation sites (tertiary alicyclic amines) is 1. The summed E-state index contributed by atoms with van der Waals surface area (Å²) < 4.78 is 17.8. The van der Waals surface area contributed by atoms with Gasteiger partial charge in [-0.25, -0.2) is 4.79 Å². The minimum atomic E-state index is -0.625. The fourth-order valence-corrected chi connectivity index (χ4v) is 5.64. The van der Waals surface area contributed by atoms with Gasteiger partial charge in [0.1, 0.15) is 23.1 Å². The van der Waals surface area contributed by atoms with Crippen molar-refractivity contribution >= 4 is 11.9 Å². The molecule has 0 aliphatic carbocycles. The molecule has 192 valence electrons. The van der Waals surface area contributed by atoms with Crippen LogP contribution in [0.2, 0.25) is 0 Å². The third-order valence-corrected chi connectivity index (χ3v) is 7.52. The van der Waals surface area contributed by atoms with Gasteiger partial charge in [-0.3, -0.25) is 14.5 Å². The molecule has 0 unspecified atom stereocenters. The number of benzene rings is 1. The third kappa shape index (κ3) is 4.59. The molecule has 3 aliphatic heterocycles. The average Bonchev–Trinajstić information content (AvgIpc) is 3.27. The molecular weight excluding hydrogens is 462 g/mol. The molecule has 36 heavy (non-hydrogen) atoms. The molecule has 3 aliphatic rings. The van der Waals surface area contributed by atoms with Gasteiger partial charge in [0.25, 0.3) is 11.5 Å². The van der Waals surface area contributed by atoms with Crippen LogP contribution in [0.4, 0.5) is 0 Å². The molecule has 1 aromatic heterocycles. The van der Waals surface area contributed by atoms with Gasteiger partial charge in [0.2, 0.25) is 0 Å². The first-order valence-electron chi connectivity index (χ1n) is 12.7. The van der Waals surface area contributed by atoms with Crippen molar-refractivity contribution in [3.05, 3.63) is 57.0 Å². The van der Waals surface area contributed by atoms with Crippen molar-refractivity contribution in [2.75, 3.05) is 40.5 Å². The van der Waals surface area contributed by atoms with E-state index in [0.717, 1.165) is 38.2 Å². The van der Waals surface area contributed by atoms with E-state index in [9.17, 15) is 14.4 Å². The Morgan fingerprint density at radius 3 is 2.72 bits per heavy atom. The minimum Gasteiger partial charge on any atom is -0.496 e. The number of hydrogen-bond acceptors (Lipinski definition) is 7. The van der Waals surface area contributed by atoms with Crippen molar-refractivity contribution in [1.29, 1.82) is 0 Å². The second-order valence-electron chi connectivity index (χ2n) is 9.62. The first-order valence-corrected chi connectivity index (χ1v) is 12.7. The van der Waals surface area contributed by atoms with Crippen LogP contribution in [0.1, 0.15) is 46.4 Å². The Balaban J connectivity index is 1.43. The standard InChI is InChI=1S/C27H33N3O6/c1-34-23-16-24(31)29-13-12-28(17-18-6-7-22-19(15-18)9-14-36-22)11-8-20(29)25(23)26(32)30-10-4-3-5-21(30)27(33)35-2/h6-7,15-16,21H,3-5,8-14,17H2,1-2H3/t21-/m0/s1. The van der Waals surface area contributed by atoms with E-state index < -0.39 is 12.0 Å². The Labute approximate surface area is 210 Å². The van der Waals surface area contributed by atoms with Gasteiger partial charge in [-0.05, 0) is 36.5 Å². The molecule has 0 saturated carbocycles. The van der Waals surface area contributed by atoms with Gasteiger partial charge in [-0.2, -0.15) is 0 Å². The van der Waals surface area contributed by atoms with Crippen LogP contribution in [-0.4, -0.2) is 72.7 Å². The Morgan fingerprint density at radius 1 is 1.06 bits per heavy atom. The fraction of sp³-hybridized carbons (Fsp3) is 0.519. The van der Waals surface area contributed by atoms with E-state index >= 15 is 0 Å². The van der Waals surface area contributed by atoms with Crippen LogP contribution in [0.5, 0.6) is 11.5 Å². The summed E-state index contributed by atoms with van der Waals surface area (Å²) in [7, 11) is 2.81. The maximum Gasteiger partial charge on any atom is 0.328 e. The Bertz CT molecular complexity index is 1220. The summed E-state index contributed by atoms with van der Waals surface area (Å²) in [5.41, 5.74) is 3.31. The lowest BCUT2D eigenvalue weighted by atomic mass is 9.99. The molecule has 0 bridgehead atoms. The van der Waals surface area contributed by atoms with Crippen molar-refractivity contribution in [3.63, 3.8) is 0 Å². The van der Waals surface area contributed by atoms with Crippen LogP contribution in [0.25, 0.3) is 0 Å². The zero-order chi connectivity index (χ0) is 25.2. The largest absolute Gasteiger partial charge is 0.496 e. The number of nitrogens with zero attached hydrogens (tertiary/aromatic N) is 3. The summed E-state index contributed by atoms with van der Waals surface area (Å²) in [5.74, 6) is 0.536. The number of carbonyl (C=O) groups is 2. The van der Waals surface area contributed by atoms with Crippen molar-refractivity contribution in [3.8, 4) is 11.5 Å². The maximum absolute atomic E-state index is 13.9. The maximum atomic E-state index is 13.9. The van der Waals surface area contributed by atoms with Gasteiger partial charge >= 0.3 is 5.97 Å². The summed E-state index contributed by atoms with van der Waals surface area (Å²) in [6.45, 7) is 3.82. The smallest absolute Gasteiger partial charge is 0.328 e. The molecule has 0 N–H and O–H groups in total. The van der Waals surface area contributed by atoms with E-state index in [1.54, 1.807) is 9.47 Å². The number of pyridine rings is 1. The average molecular weight is 496 g/mol. The predicted molar refractivity (Wildman–Crippen MR) is 133 cm³/mol. The highest BCUT2D eigenvalue weighted by Gasteiger charge is 2.36. The highest BCUT2D eigenvalue weighted by Crippen LogP contribution is 2.29. The summed E-state index contributed by atoms with van der Waals surface area (Å²) in [6.07, 6.45) is 3.69. The number of ether oxygens (including phenoxy) is 3. The van der Waals surface area contributed by atoms with Crippen LogP contribution in [0, 0.1) is 0 Å². The molecule has 0 radical (unpaired) electrons. The molecule has 1 fully saturated rings. The molecular formula is C27H33N3O6. The monoisotopic (exact) mass is 495 g/mol. The first kappa shape index (κ1) is 24.4. The zero-order valence-electron chi connectivity index (χ0n) is 21.0. The van der Waals surface area contributed by atoms with E-state index in [2.05, 4.69) is 17.0 Å². The molecule has 9 nitrogen and oxygen atoms in total. The van der Waals surface area contributed by atoms with Crippen molar-refractivity contribution < 1.29 is 23.8 Å². The second-order valence-corrected chi connectivity index (χ2v) is 9.62. The number of piperidine rings is 1. The van der Waals surface area contributed by atoms with Gasteiger partial charge in [0, 0.05) is 57.3 Å². The number of aromatic nitrogens is 1. The summed E-state index contributed by atoms with van der Waals surface area (Å²) in [4.78, 5) is 43.2. The van der Waals surface area contributed by atoms with Gasteiger partial charge in [0.15, 0.2) is 0 Å². The van der Waals surface area contributed by atoms with Gasteiger partial charge < -0.3 is 23.7 Å². The van der Waals surface area contributed by atoms with Crippen molar-refractivity contribution in [2.45, 2.75) is 51.2 Å². The van der Waals surface area contributed by atoms with Crippen molar-refractivity contribution in [2.24, 2.45) is 0 Å². The zero-order valence-corrected chi connectivity index (χ0v) is 21.0.